The van der Waals surface area contributed by atoms with E-state index in [0.29, 0.717) is 18.6 Å². The highest BCUT2D eigenvalue weighted by Crippen LogP contribution is 2.33. The molecule has 10 heteroatoms. The average Bonchev–Trinajstić information content (AvgIpc) is 2.69. The van der Waals surface area contributed by atoms with Crippen LogP contribution in [-0.4, -0.2) is 44.3 Å². The number of nitro groups is 1. The third kappa shape index (κ3) is 7.60. The molecule has 28 heavy (non-hydrogen) atoms. The number of hydrazone groups is 1. The van der Waals surface area contributed by atoms with Crippen LogP contribution in [0.5, 0.6) is 11.5 Å². The molecular weight excluding hydrogens is 370 g/mol. The van der Waals surface area contributed by atoms with Gasteiger partial charge >= 0.3 is 5.97 Å². The Morgan fingerprint density at radius 3 is 2.25 bits per heavy atom. The Bertz CT molecular complexity index is 719. The van der Waals surface area contributed by atoms with Crippen molar-refractivity contribution in [1.82, 2.24) is 5.43 Å². The molecule has 0 aliphatic heterocycles. The van der Waals surface area contributed by atoms with Crippen molar-refractivity contribution in [3.63, 3.8) is 0 Å². The summed E-state index contributed by atoms with van der Waals surface area (Å²) >= 11 is 0. The van der Waals surface area contributed by atoms with Crippen molar-refractivity contribution in [2.45, 2.75) is 38.5 Å². The molecule has 0 bridgehead atoms. The van der Waals surface area contributed by atoms with E-state index >= 15 is 0 Å². The lowest BCUT2D eigenvalue weighted by Crippen LogP contribution is -2.17. The van der Waals surface area contributed by atoms with Crippen LogP contribution in [0.4, 0.5) is 5.69 Å². The zero-order valence-corrected chi connectivity index (χ0v) is 16.2. The van der Waals surface area contributed by atoms with Gasteiger partial charge in [-0.05, 0) is 18.9 Å². The smallest absolute Gasteiger partial charge is 0.305 e. The largest absolute Gasteiger partial charge is 0.493 e. The Hall–Kier alpha value is -3.17. The van der Waals surface area contributed by atoms with E-state index in [1.807, 2.05) is 0 Å². The highest BCUT2D eigenvalue weighted by Gasteiger charge is 2.18. The molecule has 0 radical (unpaired) electrons. The molecule has 0 aromatic heterocycles. The topological polar surface area (TPSA) is 129 Å². The summed E-state index contributed by atoms with van der Waals surface area (Å²) in [6.45, 7) is 0. The van der Waals surface area contributed by atoms with Gasteiger partial charge in [-0.3, -0.25) is 19.7 Å². The van der Waals surface area contributed by atoms with Crippen LogP contribution < -0.4 is 14.9 Å². The number of esters is 1. The summed E-state index contributed by atoms with van der Waals surface area (Å²) in [5, 5.41) is 15.0. The maximum Gasteiger partial charge on any atom is 0.305 e. The average molecular weight is 395 g/mol. The number of carbonyl (C=O) groups excluding carboxylic acids is 2. The van der Waals surface area contributed by atoms with Crippen molar-refractivity contribution in [2.75, 3.05) is 21.3 Å². The molecule has 1 aromatic rings. The molecule has 0 fully saturated rings. The summed E-state index contributed by atoms with van der Waals surface area (Å²) in [5.74, 6) is -0.000834. The molecule has 0 heterocycles. The molecule has 0 unspecified atom stereocenters. The molecule has 0 saturated heterocycles. The van der Waals surface area contributed by atoms with E-state index in [1.165, 1.54) is 39.7 Å². The lowest BCUT2D eigenvalue weighted by molar-refractivity contribution is -0.385. The van der Waals surface area contributed by atoms with E-state index in [4.69, 9.17) is 9.47 Å². The Labute approximate surface area is 163 Å². The SMILES string of the molecule is COC(=O)CCCCCCC(=O)N/N=C/c1cc(OC)c(OC)cc1[N+](=O)[O-]. The number of methoxy groups -OCH3 is 3. The number of unbranched alkanes of at least 4 members (excludes halogenated alkanes) is 3. The van der Waals surface area contributed by atoms with Crippen molar-refractivity contribution in [3.8, 4) is 11.5 Å². The zero-order valence-electron chi connectivity index (χ0n) is 16.2. The van der Waals surface area contributed by atoms with E-state index in [9.17, 15) is 19.7 Å². The second-order valence-corrected chi connectivity index (χ2v) is 5.81. The molecule has 0 spiro atoms. The Balaban J connectivity index is 2.52. The first kappa shape index (κ1) is 22.9. The first-order valence-corrected chi connectivity index (χ1v) is 8.72. The summed E-state index contributed by atoms with van der Waals surface area (Å²) in [4.78, 5) is 33.4. The lowest BCUT2D eigenvalue weighted by Gasteiger charge is -2.08. The predicted molar refractivity (Wildman–Crippen MR) is 102 cm³/mol. The summed E-state index contributed by atoms with van der Waals surface area (Å²) in [5.41, 5.74) is 2.29. The van der Waals surface area contributed by atoms with Gasteiger partial charge in [0.1, 0.15) is 0 Å². The van der Waals surface area contributed by atoms with Gasteiger partial charge in [-0.1, -0.05) is 12.8 Å². The minimum Gasteiger partial charge on any atom is -0.493 e. The molecule has 0 aliphatic carbocycles. The van der Waals surface area contributed by atoms with Crippen LogP contribution >= 0.6 is 0 Å². The first-order chi connectivity index (χ1) is 13.4. The minimum atomic E-state index is -0.570. The van der Waals surface area contributed by atoms with Crippen molar-refractivity contribution in [1.29, 1.82) is 0 Å². The van der Waals surface area contributed by atoms with Crippen molar-refractivity contribution < 1.29 is 28.7 Å². The van der Waals surface area contributed by atoms with Gasteiger partial charge in [-0.2, -0.15) is 5.10 Å². The van der Waals surface area contributed by atoms with Gasteiger partial charge in [0, 0.05) is 12.8 Å². The first-order valence-electron chi connectivity index (χ1n) is 8.72. The van der Waals surface area contributed by atoms with Gasteiger partial charge in [0.15, 0.2) is 11.5 Å². The van der Waals surface area contributed by atoms with E-state index < -0.39 is 4.92 Å². The molecule has 1 rings (SSSR count). The van der Waals surface area contributed by atoms with Crippen LogP contribution in [0, 0.1) is 10.1 Å². The fraction of sp³-hybridized carbons (Fsp3) is 0.500. The summed E-state index contributed by atoms with van der Waals surface area (Å²) in [6.07, 6.45) is 4.82. The summed E-state index contributed by atoms with van der Waals surface area (Å²) in [7, 11) is 4.15. The summed E-state index contributed by atoms with van der Waals surface area (Å²) in [6, 6.07) is 2.64. The van der Waals surface area contributed by atoms with Gasteiger partial charge in [0.25, 0.3) is 5.69 Å². The second kappa shape index (κ2) is 12.3. The third-order valence-electron chi connectivity index (χ3n) is 3.88. The zero-order chi connectivity index (χ0) is 20.9. The van der Waals surface area contributed by atoms with Crippen molar-refractivity contribution in [3.05, 3.63) is 27.8 Å². The molecule has 0 aliphatic rings. The number of nitrogens with zero attached hydrogens (tertiary/aromatic N) is 2. The molecule has 154 valence electrons. The maximum absolute atomic E-state index is 11.8. The number of carbonyl (C=O) groups is 2. The fourth-order valence-electron chi connectivity index (χ4n) is 2.39. The third-order valence-corrected chi connectivity index (χ3v) is 3.88. The number of hydrogen-bond acceptors (Lipinski definition) is 8. The number of ether oxygens (including phenoxy) is 3. The van der Waals surface area contributed by atoms with E-state index in [0.717, 1.165) is 19.3 Å². The van der Waals surface area contributed by atoms with E-state index in [-0.39, 0.29) is 35.3 Å². The highest BCUT2D eigenvalue weighted by atomic mass is 16.6. The monoisotopic (exact) mass is 395 g/mol. The second-order valence-electron chi connectivity index (χ2n) is 5.81. The standard InChI is InChI=1S/C18H25N3O7/c1-26-15-10-13(14(21(24)25)11-16(15)27-2)12-19-20-17(22)8-6-4-5-7-9-18(23)28-3/h10-12H,4-9H2,1-3H3,(H,20,22)/b19-12+. The van der Waals surface area contributed by atoms with E-state index in [2.05, 4.69) is 15.3 Å². The molecule has 1 amide bonds. The number of rotatable bonds is 12. The quantitative estimate of drug-likeness (QED) is 0.189. The Morgan fingerprint density at radius 1 is 1.07 bits per heavy atom. The molecule has 1 aromatic carbocycles. The molecule has 0 atom stereocenters. The Kier molecular flexibility index (Phi) is 10.0. The van der Waals surface area contributed by atoms with Gasteiger partial charge in [-0.15, -0.1) is 0 Å². The van der Waals surface area contributed by atoms with Gasteiger partial charge in [0.05, 0.1) is 44.1 Å². The minimum absolute atomic E-state index is 0.172. The van der Waals surface area contributed by atoms with Gasteiger partial charge < -0.3 is 14.2 Å². The van der Waals surface area contributed by atoms with Crippen LogP contribution in [0.25, 0.3) is 0 Å². The van der Waals surface area contributed by atoms with Gasteiger partial charge in [-0.25, -0.2) is 5.43 Å². The van der Waals surface area contributed by atoms with Crippen LogP contribution in [0.2, 0.25) is 0 Å². The van der Waals surface area contributed by atoms with E-state index in [1.54, 1.807) is 0 Å². The maximum atomic E-state index is 11.8. The predicted octanol–water partition coefficient (Wildman–Crippen LogP) is 2.58. The molecule has 10 nitrogen and oxygen atoms in total. The molecular formula is C18H25N3O7. The van der Waals surface area contributed by atoms with Crippen molar-refractivity contribution >= 4 is 23.8 Å². The Morgan fingerprint density at radius 2 is 1.68 bits per heavy atom. The van der Waals surface area contributed by atoms with Crippen LogP contribution in [0.1, 0.15) is 44.1 Å². The number of hydrogen-bond donors (Lipinski definition) is 1. The summed E-state index contributed by atoms with van der Waals surface area (Å²) < 4.78 is 14.7. The molecule has 1 N–H and O–H groups in total. The van der Waals surface area contributed by atoms with Crippen LogP contribution in [0.15, 0.2) is 17.2 Å². The normalized spacial score (nSPS) is 10.5. The number of benzene rings is 1. The van der Waals surface area contributed by atoms with Crippen molar-refractivity contribution in [2.24, 2.45) is 5.10 Å². The van der Waals surface area contributed by atoms with Gasteiger partial charge in [0.2, 0.25) is 5.91 Å². The number of nitro benzene ring substituents is 1. The fourth-order valence-corrected chi connectivity index (χ4v) is 2.39. The number of amides is 1. The lowest BCUT2D eigenvalue weighted by atomic mass is 10.1. The highest BCUT2D eigenvalue weighted by molar-refractivity contribution is 5.88. The number of nitrogens with one attached hydrogen (secondary N) is 1. The van der Waals surface area contributed by atoms with Crippen LogP contribution in [-0.2, 0) is 14.3 Å². The molecule has 0 saturated carbocycles. The van der Waals surface area contributed by atoms with Crippen LogP contribution in [0.3, 0.4) is 0 Å².